The van der Waals surface area contributed by atoms with E-state index < -0.39 is 0 Å². The molecule has 0 radical (unpaired) electrons. The Morgan fingerprint density at radius 3 is 2.50 bits per heavy atom. The maximum Gasteiger partial charge on any atom is 0.241 e. The third-order valence-electron chi connectivity index (χ3n) is 4.96. The van der Waals surface area contributed by atoms with Gasteiger partial charge in [0.15, 0.2) is 0 Å². The molecule has 1 aliphatic heterocycles. The van der Waals surface area contributed by atoms with E-state index in [0.717, 1.165) is 46.8 Å². The van der Waals surface area contributed by atoms with Crippen LogP contribution in [0.1, 0.15) is 19.5 Å². The van der Waals surface area contributed by atoms with Gasteiger partial charge in [0.1, 0.15) is 17.6 Å². The quantitative estimate of drug-likeness (QED) is 0.496. The highest BCUT2D eigenvalue weighted by atomic mass is 16.5. The lowest BCUT2D eigenvalue weighted by Crippen LogP contribution is -2.54. The number of fused-ring (bicyclic) bond motifs is 1. The van der Waals surface area contributed by atoms with Crippen molar-refractivity contribution in [2.24, 2.45) is 0 Å². The number of para-hydroxylation sites is 1. The summed E-state index contributed by atoms with van der Waals surface area (Å²) in [5.74, 6) is 1.52. The number of nitrogens with zero attached hydrogens (tertiary/aromatic N) is 5. The largest absolute Gasteiger partial charge is 0.469 e. The summed E-state index contributed by atoms with van der Waals surface area (Å²) in [6.07, 6.45) is 5.17. The van der Waals surface area contributed by atoms with Crippen molar-refractivity contribution >= 4 is 16.7 Å². The van der Waals surface area contributed by atoms with Crippen LogP contribution in [0.25, 0.3) is 22.2 Å². The van der Waals surface area contributed by atoms with Gasteiger partial charge in [0.2, 0.25) is 5.88 Å². The fourth-order valence-electron chi connectivity index (χ4n) is 3.42. The van der Waals surface area contributed by atoms with Gasteiger partial charge in [-0.05, 0) is 37.3 Å². The highest BCUT2D eigenvalue weighted by Gasteiger charge is 2.31. The first kappa shape index (κ1) is 19.8. The summed E-state index contributed by atoms with van der Waals surface area (Å²) in [5, 5.41) is 1.15. The van der Waals surface area contributed by atoms with Crippen LogP contribution in [0.3, 0.4) is 0 Å². The van der Waals surface area contributed by atoms with Crippen molar-refractivity contribution in [1.29, 1.82) is 0 Å². The minimum atomic E-state index is 0.0562. The molecule has 6 heteroatoms. The molecule has 0 amide bonds. The second kappa shape index (κ2) is 8.86. The molecule has 1 saturated heterocycles. The van der Waals surface area contributed by atoms with E-state index in [0.29, 0.717) is 5.88 Å². The molecule has 0 unspecified atom stereocenters. The lowest BCUT2D eigenvalue weighted by molar-refractivity contribution is 0.160. The van der Waals surface area contributed by atoms with Gasteiger partial charge in [0.05, 0.1) is 18.6 Å². The Balaban J connectivity index is 0.00000106. The summed E-state index contributed by atoms with van der Waals surface area (Å²) >= 11 is 0. The summed E-state index contributed by atoms with van der Waals surface area (Å²) in [4.78, 5) is 20.2. The molecule has 0 saturated carbocycles. The first-order valence-electron chi connectivity index (χ1n) is 10.3. The van der Waals surface area contributed by atoms with Gasteiger partial charge in [0, 0.05) is 35.2 Å². The smallest absolute Gasteiger partial charge is 0.241 e. The molecule has 0 bridgehead atoms. The van der Waals surface area contributed by atoms with Gasteiger partial charge < -0.3 is 9.64 Å². The Bertz CT molecular complexity index is 1140. The average Bonchev–Trinajstić information content (AvgIpc) is 2.78. The van der Waals surface area contributed by atoms with Crippen molar-refractivity contribution < 1.29 is 4.74 Å². The zero-order chi connectivity index (χ0) is 20.9. The van der Waals surface area contributed by atoms with Crippen LogP contribution in [0.2, 0.25) is 0 Å². The van der Waals surface area contributed by atoms with Gasteiger partial charge in [0.25, 0.3) is 0 Å². The predicted octanol–water partition coefficient (Wildman–Crippen LogP) is 4.69. The third kappa shape index (κ3) is 3.94. The van der Waals surface area contributed by atoms with E-state index in [4.69, 9.17) is 9.72 Å². The van der Waals surface area contributed by atoms with Crippen LogP contribution in [-0.4, -0.2) is 39.1 Å². The van der Waals surface area contributed by atoms with Gasteiger partial charge in [-0.2, -0.15) is 0 Å². The van der Waals surface area contributed by atoms with E-state index in [1.54, 1.807) is 18.6 Å². The molecule has 0 aliphatic carbocycles. The van der Waals surface area contributed by atoms with Gasteiger partial charge in [-0.15, -0.1) is 0 Å². The minimum absolute atomic E-state index is 0.0562. The molecule has 4 aromatic rings. The van der Waals surface area contributed by atoms with Crippen molar-refractivity contribution in [2.75, 3.05) is 18.0 Å². The number of hydrogen-bond acceptors (Lipinski definition) is 6. The van der Waals surface area contributed by atoms with Gasteiger partial charge in [-0.3, -0.25) is 4.98 Å². The molecule has 0 N–H and O–H groups in total. The number of benzene rings is 1. The van der Waals surface area contributed by atoms with Crippen molar-refractivity contribution in [3.05, 3.63) is 72.8 Å². The third-order valence-corrected chi connectivity index (χ3v) is 4.96. The molecular weight excluding hydrogens is 374 g/mol. The van der Waals surface area contributed by atoms with Crippen LogP contribution in [0.4, 0.5) is 5.82 Å². The number of rotatable bonds is 4. The fourth-order valence-corrected chi connectivity index (χ4v) is 3.42. The van der Waals surface area contributed by atoms with Crippen molar-refractivity contribution in [3.63, 3.8) is 0 Å². The van der Waals surface area contributed by atoms with Crippen LogP contribution in [0, 0.1) is 6.92 Å². The number of aryl methyl sites for hydroxylation is 1. The van der Waals surface area contributed by atoms with Crippen molar-refractivity contribution in [1.82, 2.24) is 19.9 Å². The lowest BCUT2D eigenvalue weighted by Gasteiger charge is -2.39. The topological polar surface area (TPSA) is 64.0 Å². The number of aromatic nitrogens is 4. The van der Waals surface area contributed by atoms with Crippen molar-refractivity contribution in [2.45, 2.75) is 26.9 Å². The summed E-state index contributed by atoms with van der Waals surface area (Å²) in [7, 11) is 0. The molecule has 0 spiro atoms. The summed E-state index contributed by atoms with van der Waals surface area (Å²) in [6.45, 7) is 7.50. The van der Waals surface area contributed by atoms with Crippen LogP contribution in [-0.2, 0) is 0 Å². The SMILES string of the molecule is CC.Cc1ncccc1-c1nccnc1OC1CN(c2ccc3ccccc3n2)C1. The van der Waals surface area contributed by atoms with Gasteiger partial charge in [-0.1, -0.05) is 32.0 Å². The van der Waals surface area contributed by atoms with E-state index in [2.05, 4.69) is 38.1 Å². The summed E-state index contributed by atoms with van der Waals surface area (Å²) < 4.78 is 6.16. The fraction of sp³-hybridized carbons (Fsp3) is 0.250. The van der Waals surface area contributed by atoms with Gasteiger partial charge >= 0.3 is 0 Å². The molecule has 1 aliphatic rings. The Morgan fingerprint density at radius 2 is 1.67 bits per heavy atom. The molecule has 5 rings (SSSR count). The summed E-state index contributed by atoms with van der Waals surface area (Å²) in [6, 6.07) is 16.2. The molecule has 4 heterocycles. The van der Waals surface area contributed by atoms with Crippen LogP contribution in [0.5, 0.6) is 5.88 Å². The molecule has 152 valence electrons. The minimum Gasteiger partial charge on any atom is -0.469 e. The van der Waals surface area contributed by atoms with E-state index in [-0.39, 0.29) is 6.10 Å². The zero-order valence-electron chi connectivity index (χ0n) is 17.5. The average molecular weight is 399 g/mol. The lowest BCUT2D eigenvalue weighted by atomic mass is 10.1. The van der Waals surface area contributed by atoms with E-state index in [1.807, 2.05) is 51.1 Å². The molecule has 0 atom stereocenters. The molecule has 1 fully saturated rings. The van der Waals surface area contributed by atoms with Crippen LogP contribution < -0.4 is 9.64 Å². The maximum absolute atomic E-state index is 6.16. The molecule has 3 aromatic heterocycles. The molecule has 6 nitrogen and oxygen atoms in total. The van der Waals surface area contributed by atoms with Crippen LogP contribution in [0.15, 0.2) is 67.1 Å². The first-order chi connectivity index (χ1) is 14.8. The number of ether oxygens (including phenoxy) is 1. The van der Waals surface area contributed by atoms with E-state index in [1.165, 1.54) is 0 Å². The Morgan fingerprint density at radius 1 is 0.867 bits per heavy atom. The maximum atomic E-state index is 6.16. The molecule has 1 aromatic carbocycles. The zero-order valence-corrected chi connectivity index (χ0v) is 17.5. The van der Waals surface area contributed by atoms with E-state index in [9.17, 15) is 0 Å². The van der Waals surface area contributed by atoms with Gasteiger partial charge in [-0.25, -0.2) is 15.0 Å². The second-order valence-corrected chi connectivity index (χ2v) is 6.85. The Kier molecular flexibility index (Phi) is 5.84. The number of hydrogen-bond donors (Lipinski definition) is 0. The first-order valence-corrected chi connectivity index (χ1v) is 10.3. The Hall–Kier alpha value is -3.54. The summed E-state index contributed by atoms with van der Waals surface area (Å²) in [5.41, 5.74) is 3.59. The van der Waals surface area contributed by atoms with Crippen molar-refractivity contribution in [3.8, 4) is 17.1 Å². The predicted molar refractivity (Wildman–Crippen MR) is 120 cm³/mol. The normalized spacial score (nSPS) is 13.4. The highest BCUT2D eigenvalue weighted by Crippen LogP contribution is 2.30. The standard InChI is InChI=1S/C22H19N5O.C2H6/c1-15-18(6-4-10-23-15)21-22(25-12-11-24-21)28-17-13-27(14-17)20-9-8-16-5-2-3-7-19(16)26-20;1-2/h2-12,17H,13-14H2,1H3;1-2H3. The Labute approximate surface area is 176 Å². The number of pyridine rings is 2. The molecular formula is C24H25N5O. The monoisotopic (exact) mass is 399 g/mol. The van der Waals surface area contributed by atoms with Crippen LogP contribution >= 0.6 is 0 Å². The number of anilines is 1. The van der Waals surface area contributed by atoms with E-state index >= 15 is 0 Å². The highest BCUT2D eigenvalue weighted by molar-refractivity contribution is 5.80. The second-order valence-electron chi connectivity index (χ2n) is 6.85. The molecule has 30 heavy (non-hydrogen) atoms.